The fourth-order valence-electron chi connectivity index (χ4n) is 1.12. The highest BCUT2D eigenvalue weighted by molar-refractivity contribution is 6.69. The average Bonchev–Trinajstić information content (AvgIpc) is 1.96. The molecule has 0 radical (unpaired) electrons. The van der Waals surface area contributed by atoms with Crippen molar-refractivity contribution >= 4 is 8.32 Å². The van der Waals surface area contributed by atoms with Gasteiger partial charge in [0, 0.05) is 5.41 Å². The highest BCUT2D eigenvalue weighted by Gasteiger charge is 2.34. The van der Waals surface area contributed by atoms with Gasteiger partial charge in [-0.15, -0.1) is 0 Å². The van der Waals surface area contributed by atoms with Gasteiger partial charge in [0.05, 0.1) is 6.10 Å². The highest BCUT2D eigenvalue weighted by atomic mass is 28.4. The van der Waals surface area contributed by atoms with Crippen molar-refractivity contribution in [3.05, 3.63) is 0 Å². The summed E-state index contributed by atoms with van der Waals surface area (Å²) in [5.74, 6) is 0. The molecule has 2 atom stereocenters. The van der Waals surface area contributed by atoms with Crippen molar-refractivity contribution in [1.29, 1.82) is 0 Å². The molecule has 2 unspecified atom stereocenters. The molecule has 0 aromatic heterocycles. The molecule has 0 aromatic rings. The van der Waals surface area contributed by atoms with E-state index >= 15 is 0 Å². The van der Waals surface area contributed by atoms with Crippen LogP contribution in [-0.4, -0.2) is 20.7 Å². The number of rotatable bonds is 4. The minimum Gasteiger partial charge on any atom is -0.393 e. The van der Waals surface area contributed by atoms with Gasteiger partial charge in [0.15, 0.2) is 14.6 Å². The minimum absolute atomic E-state index is 0.0137. The van der Waals surface area contributed by atoms with Gasteiger partial charge in [0.2, 0.25) is 0 Å². The predicted molar refractivity (Wildman–Crippen MR) is 77.7 cm³/mol. The lowest BCUT2D eigenvalue weighted by atomic mass is 9.89. The summed E-state index contributed by atoms with van der Waals surface area (Å²) < 4.78 is 12.4. The van der Waals surface area contributed by atoms with Crippen LogP contribution in [-0.2, 0) is 9.16 Å². The molecule has 0 aliphatic carbocycles. The zero-order chi connectivity index (χ0) is 14.1. The van der Waals surface area contributed by atoms with E-state index in [4.69, 9.17) is 9.16 Å². The van der Waals surface area contributed by atoms with Crippen molar-refractivity contribution < 1.29 is 9.16 Å². The molecule has 0 bridgehead atoms. The van der Waals surface area contributed by atoms with E-state index < -0.39 is 8.32 Å². The third kappa shape index (κ3) is 7.22. The summed E-state index contributed by atoms with van der Waals surface area (Å²) in [6.45, 7) is 21.9. The van der Waals surface area contributed by atoms with Crippen LogP contribution < -0.4 is 0 Å². The third-order valence-electron chi connectivity index (χ3n) is 2.71. The van der Waals surface area contributed by atoms with E-state index in [1.165, 1.54) is 0 Å². The first-order valence-corrected chi connectivity index (χ1v) is 9.97. The summed E-state index contributed by atoms with van der Waals surface area (Å²) in [4.78, 5) is 0. The fourth-order valence-corrected chi connectivity index (χ4v) is 2.17. The van der Waals surface area contributed by atoms with Crippen LogP contribution >= 0.6 is 0 Å². The molecule has 104 valence electrons. The first-order chi connectivity index (χ1) is 7.23. The number of hydrogen-bond donors (Lipinski definition) is 0. The van der Waals surface area contributed by atoms with Crippen LogP contribution in [0.2, 0.25) is 19.6 Å². The Kier molecular flexibility index (Phi) is 5.46. The molecule has 0 aliphatic rings. The molecule has 0 saturated carbocycles. The summed E-state index contributed by atoms with van der Waals surface area (Å²) in [5, 5.41) is 0. The molecular formula is C14H32O2Si. The van der Waals surface area contributed by atoms with Crippen LogP contribution in [0.1, 0.15) is 48.5 Å². The highest BCUT2D eigenvalue weighted by Crippen LogP contribution is 2.31. The van der Waals surface area contributed by atoms with Crippen molar-refractivity contribution in [3.8, 4) is 0 Å². The summed E-state index contributed by atoms with van der Waals surface area (Å²) in [6.07, 6.45) is 0.0615. The topological polar surface area (TPSA) is 18.5 Å². The number of hydrogen-bond acceptors (Lipinski definition) is 2. The van der Waals surface area contributed by atoms with E-state index in [1.807, 2.05) is 0 Å². The van der Waals surface area contributed by atoms with Crippen molar-refractivity contribution in [2.24, 2.45) is 10.8 Å². The second kappa shape index (κ2) is 5.41. The average molecular weight is 260 g/mol. The lowest BCUT2D eigenvalue weighted by molar-refractivity contribution is -0.192. The Bertz CT molecular complexity index is 230. The van der Waals surface area contributed by atoms with Crippen LogP contribution in [0.25, 0.3) is 0 Å². The number of ether oxygens (including phenoxy) is 1. The van der Waals surface area contributed by atoms with E-state index in [-0.39, 0.29) is 23.2 Å². The minimum atomic E-state index is -1.58. The van der Waals surface area contributed by atoms with Gasteiger partial charge < -0.3 is 9.16 Å². The summed E-state index contributed by atoms with van der Waals surface area (Å²) >= 11 is 0. The van der Waals surface area contributed by atoms with Crippen LogP contribution in [0, 0.1) is 10.8 Å². The van der Waals surface area contributed by atoms with Crippen molar-refractivity contribution in [3.63, 3.8) is 0 Å². The molecule has 3 heteroatoms. The van der Waals surface area contributed by atoms with E-state index in [0.717, 1.165) is 0 Å². The van der Waals surface area contributed by atoms with E-state index in [2.05, 4.69) is 68.1 Å². The second-order valence-corrected chi connectivity index (χ2v) is 12.5. The van der Waals surface area contributed by atoms with Crippen molar-refractivity contribution in [2.75, 3.05) is 0 Å². The van der Waals surface area contributed by atoms with Crippen LogP contribution in [0.4, 0.5) is 0 Å². The van der Waals surface area contributed by atoms with Crippen LogP contribution in [0.15, 0.2) is 0 Å². The normalized spacial score (nSPS) is 18.0. The maximum Gasteiger partial charge on any atom is 0.187 e. The summed E-state index contributed by atoms with van der Waals surface area (Å²) in [6, 6.07) is 0. The van der Waals surface area contributed by atoms with Gasteiger partial charge in [0.25, 0.3) is 0 Å². The third-order valence-corrected chi connectivity index (χ3v) is 3.64. The monoisotopic (exact) mass is 260 g/mol. The Morgan fingerprint density at radius 3 is 1.47 bits per heavy atom. The molecule has 0 amide bonds. The SMILES string of the molecule is CC(OC(O[Si](C)(C)C)C(C)(C)C)C(C)(C)C. The lowest BCUT2D eigenvalue weighted by Crippen LogP contribution is -2.44. The van der Waals surface area contributed by atoms with E-state index in [0.29, 0.717) is 0 Å². The molecule has 2 nitrogen and oxygen atoms in total. The second-order valence-electron chi connectivity index (χ2n) is 8.07. The Balaban J connectivity index is 4.74. The Morgan fingerprint density at radius 2 is 1.24 bits per heavy atom. The Labute approximate surface area is 109 Å². The largest absolute Gasteiger partial charge is 0.393 e. The van der Waals surface area contributed by atoms with Gasteiger partial charge in [-0.3, -0.25) is 0 Å². The maximum absolute atomic E-state index is 6.18. The summed E-state index contributed by atoms with van der Waals surface area (Å²) in [7, 11) is -1.58. The molecule has 0 aromatic carbocycles. The molecule has 17 heavy (non-hydrogen) atoms. The molecule has 0 N–H and O–H groups in total. The Hall–Kier alpha value is 0.137. The van der Waals surface area contributed by atoms with Crippen molar-refractivity contribution in [1.82, 2.24) is 0 Å². The molecule has 0 aliphatic heterocycles. The standard InChI is InChI=1S/C14H32O2Si/c1-11(13(2,3)4)15-12(14(5,6)7)16-17(8,9)10/h11-12H,1-10H3. The van der Waals surface area contributed by atoms with Crippen LogP contribution in [0.5, 0.6) is 0 Å². The maximum atomic E-state index is 6.18. The Morgan fingerprint density at radius 1 is 0.824 bits per heavy atom. The zero-order valence-corrected chi connectivity index (χ0v) is 14.5. The van der Waals surface area contributed by atoms with Crippen molar-refractivity contribution in [2.45, 2.75) is 80.5 Å². The molecular weight excluding hydrogens is 228 g/mol. The van der Waals surface area contributed by atoms with Gasteiger partial charge in [-0.25, -0.2) is 0 Å². The first kappa shape index (κ1) is 17.1. The molecule has 0 spiro atoms. The van der Waals surface area contributed by atoms with Gasteiger partial charge >= 0.3 is 0 Å². The zero-order valence-electron chi connectivity index (χ0n) is 13.5. The van der Waals surface area contributed by atoms with Gasteiger partial charge in [-0.05, 0) is 32.0 Å². The molecule has 0 saturated heterocycles. The summed E-state index contributed by atoms with van der Waals surface area (Å²) in [5.41, 5.74) is 0.159. The lowest BCUT2D eigenvalue weighted by Gasteiger charge is -2.40. The first-order valence-electron chi connectivity index (χ1n) is 6.57. The van der Waals surface area contributed by atoms with Gasteiger partial charge in [0.1, 0.15) is 0 Å². The van der Waals surface area contributed by atoms with E-state index in [1.54, 1.807) is 0 Å². The quantitative estimate of drug-likeness (QED) is 0.540. The van der Waals surface area contributed by atoms with E-state index in [9.17, 15) is 0 Å². The molecule has 0 rings (SSSR count). The van der Waals surface area contributed by atoms with Gasteiger partial charge in [-0.1, -0.05) is 41.5 Å². The molecule has 0 fully saturated rings. The fraction of sp³-hybridized carbons (Fsp3) is 1.00. The molecule has 0 heterocycles. The van der Waals surface area contributed by atoms with Crippen LogP contribution in [0.3, 0.4) is 0 Å². The smallest absolute Gasteiger partial charge is 0.187 e. The predicted octanol–water partition coefficient (Wildman–Crippen LogP) is 4.66. The van der Waals surface area contributed by atoms with Gasteiger partial charge in [-0.2, -0.15) is 0 Å².